The van der Waals surface area contributed by atoms with Gasteiger partial charge in [0.1, 0.15) is 12.1 Å². The van der Waals surface area contributed by atoms with Crippen LogP contribution in [0.3, 0.4) is 0 Å². The maximum atomic E-state index is 12.3. The number of rotatable bonds is 11. The second-order valence-corrected chi connectivity index (χ2v) is 6.22. The van der Waals surface area contributed by atoms with Gasteiger partial charge in [0.15, 0.2) is 0 Å². The number of nitrogens with one attached hydrogen (secondary N) is 4. The highest BCUT2D eigenvalue weighted by atomic mass is 32.1. The fourth-order valence-corrected chi connectivity index (χ4v) is 2.11. The van der Waals surface area contributed by atoms with Crippen LogP contribution < -0.4 is 21.3 Å². The molecular formula is C15H26N4O6S. The Kier molecular flexibility index (Phi) is 11.0. The van der Waals surface area contributed by atoms with E-state index in [1.54, 1.807) is 13.8 Å². The number of carbonyl (C=O) groups excluding carboxylic acids is 4. The summed E-state index contributed by atoms with van der Waals surface area (Å²) in [4.78, 5) is 57.8. The van der Waals surface area contributed by atoms with Gasteiger partial charge < -0.3 is 26.4 Å². The molecule has 0 aromatic heterocycles. The van der Waals surface area contributed by atoms with E-state index in [-0.39, 0.29) is 30.7 Å². The van der Waals surface area contributed by atoms with Crippen LogP contribution in [0.1, 0.15) is 33.6 Å². The number of carboxylic acid groups (broad SMARTS) is 1. The van der Waals surface area contributed by atoms with Crippen molar-refractivity contribution in [1.82, 2.24) is 21.3 Å². The van der Waals surface area contributed by atoms with E-state index in [1.165, 1.54) is 6.92 Å². The Bertz CT molecular complexity index is 540. The summed E-state index contributed by atoms with van der Waals surface area (Å²) in [6.07, 6.45) is -0.768. The van der Waals surface area contributed by atoms with Gasteiger partial charge in [0.05, 0.1) is 6.42 Å². The predicted molar refractivity (Wildman–Crippen MR) is 96.5 cm³/mol. The Balaban J connectivity index is 4.85. The van der Waals surface area contributed by atoms with E-state index in [1.807, 2.05) is 0 Å². The summed E-state index contributed by atoms with van der Waals surface area (Å²) in [5.41, 5.74) is 0. The number of carboxylic acids is 1. The van der Waals surface area contributed by atoms with E-state index in [0.29, 0.717) is 0 Å². The molecule has 0 bridgehead atoms. The average Bonchev–Trinajstić information content (AvgIpc) is 2.49. The summed E-state index contributed by atoms with van der Waals surface area (Å²) in [5, 5.41) is 18.6. The molecule has 0 saturated carbocycles. The Labute approximate surface area is 157 Å². The standard InChI is InChI=1S/C15H26N4O6S/c1-8(2)17-15(25)11(7-26)19-14(24)10(6-13(22)23)18-12(21)4-5-16-9(3)20/h8,10-11,26H,4-7H2,1-3H3,(H,16,20)(H,17,25)(H,18,21)(H,19,24)(H,22,23)/t10-,11-/m0/s1. The zero-order valence-electron chi connectivity index (χ0n) is 15.0. The molecule has 0 aromatic carbocycles. The highest BCUT2D eigenvalue weighted by Gasteiger charge is 2.27. The lowest BCUT2D eigenvalue weighted by Gasteiger charge is -2.22. The summed E-state index contributed by atoms with van der Waals surface area (Å²) in [5.74, 6) is -3.48. The third kappa shape index (κ3) is 10.5. The lowest BCUT2D eigenvalue weighted by atomic mass is 10.1. The number of hydrogen-bond acceptors (Lipinski definition) is 6. The minimum absolute atomic E-state index is 0.000558. The van der Waals surface area contributed by atoms with Crippen LogP contribution in [0, 0.1) is 0 Å². The number of aliphatic carboxylic acids is 1. The molecule has 0 aromatic rings. The highest BCUT2D eigenvalue weighted by Crippen LogP contribution is 1.98. The maximum absolute atomic E-state index is 12.3. The number of hydrogen-bond donors (Lipinski definition) is 6. The molecule has 11 heteroatoms. The lowest BCUT2D eigenvalue weighted by Crippen LogP contribution is -2.55. The molecule has 0 radical (unpaired) electrons. The SMILES string of the molecule is CC(=O)NCCC(=O)N[C@@H](CC(=O)O)C(=O)N[C@@H](CS)C(=O)NC(C)C. The topological polar surface area (TPSA) is 154 Å². The van der Waals surface area contributed by atoms with E-state index < -0.39 is 42.2 Å². The fourth-order valence-electron chi connectivity index (χ4n) is 1.85. The van der Waals surface area contributed by atoms with Crippen LogP contribution >= 0.6 is 12.6 Å². The van der Waals surface area contributed by atoms with Crippen molar-refractivity contribution < 1.29 is 29.1 Å². The molecule has 0 saturated heterocycles. The minimum Gasteiger partial charge on any atom is -0.481 e. The number of carbonyl (C=O) groups is 5. The van der Waals surface area contributed by atoms with E-state index in [2.05, 4.69) is 33.9 Å². The number of amides is 4. The molecule has 0 heterocycles. The Hall–Kier alpha value is -2.30. The van der Waals surface area contributed by atoms with Crippen molar-refractivity contribution in [1.29, 1.82) is 0 Å². The van der Waals surface area contributed by atoms with Gasteiger partial charge in [0.2, 0.25) is 23.6 Å². The molecule has 148 valence electrons. The van der Waals surface area contributed by atoms with Crippen LogP contribution in [0.15, 0.2) is 0 Å². The lowest BCUT2D eigenvalue weighted by molar-refractivity contribution is -0.141. The van der Waals surface area contributed by atoms with Gasteiger partial charge in [-0.15, -0.1) is 0 Å². The zero-order chi connectivity index (χ0) is 20.3. The van der Waals surface area contributed by atoms with Crippen molar-refractivity contribution >= 4 is 42.2 Å². The first-order valence-corrected chi connectivity index (χ1v) is 8.67. The van der Waals surface area contributed by atoms with Crippen LogP contribution in [0.4, 0.5) is 0 Å². The summed E-state index contributed by atoms with van der Waals surface area (Å²) >= 11 is 4.01. The van der Waals surface area contributed by atoms with Crippen molar-refractivity contribution in [2.75, 3.05) is 12.3 Å². The molecule has 2 atom stereocenters. The molecule has 0 aliphatic heterocycles. The molecule has 0 fully saturated rings. The average molecular weight is 390 g/mol. The molecular weight excluding hydrogens is 364 g/mol. The molecule has 10 nitrogen and oxygen atoms in total. The minimum atomic E-state index is -1.36. The van der Waals surface area contributed by atoms with Crippen LogP contribution in [0.2, 0.25) is 0 Å². The van der Waals surface area contributed by atoms with Gasteiger partial charge in [-0.2, -0.15) is 12.6 Å². The second kappa shape index (κ2) is 12.1. The van der Waals surface area contributed by atoms with Gasteiger partial charge in [0, 0.05) is 31.7 Å². The first-order chi connectivity index (χ1) is 12.1. The van der Waals surface area contributed by atoms with Gasteiger partial charge in [-0.3, -0.25) is 24.0 Å². The summed E-state index contributed by atoms with van der Waals surface area (Å²) in [7, 11) is 0. The van der Waals surface area contributed by atoms with Gasteiger partial charge in [-0.05, 0) is 13.8 Å². The Morgan fingerprint density at radius 1 is 0.962 bits per heavy atom. The number of thiol groups is 1. The maximum Gasteiger partial charge on any atom is 0.305 e. The van der Waals surface area contributed by atoms with Gasteiger partial charge in [0.25, 0.3) is 0 Å². The van der Waals surface area contributed by atoms with Crippen LogP contribution in [0.25, 0.3) is 0 Å². The summed E-state index contributed by atoms with van der Waals surface area (Å²) in [6, 6.07) is -2.47. The molecule has 26 heavy (non-hydrogen) atoms. The Morgan fingerprint density at radius 3 is 2.00 bits per heavy atom. The summed E-state index contributed by atoms with van der Waals surface area (Å²) < 4.78 is 0. The molecule has 0 unspecified atom stereocenters. The van der Waals surface area contributed by atoms with E-state index in [0.717, 1.165) is 0 Å². The van der Waals surface area contributed by atoms with Crippen molar-refractivity contribution in [2.24, 2.45) is 0 Å². The second-order valence-electron chi connectivity index (χ2n) is 5.86. The van der Waals surface area contributed by atoms with E-state index in [9.17, 15) is 24.0 Å². The van der Waals surface area contributed by atoms with Crippen LogP contribution in [-0.4, -0.2) is 65.1 Å². The van der Waals surface area contributed by atoms with Crippen molar-refractivity contribution in [3.05, 3.63) is 0 Å². The predicted octanol–water partition coefficient (Wildman–Crippen LogP) is -1.59. The fraction of sp³-hybridized carbons (Fsp3) is 0.667. The van der Waals surface area contributed by atoms with E-state index >= 15 is 0 Å². The third-order valence-electron chi connectivity index (χ3n) is 3.00. The monoisotopic (exact) mass is 390 g/mol. The van der Waals surface area contributed by atoms with Gasteiger partial charge >= 0.3 is 5.97 Å². The molecule has 0 aliphatic carbocycles. The first kappa shape index (κ1) is 23.7. The molecule has 4 amide bonds. The van der Waals surface area contributed by atoms with Crippen molar-refractivity contribution in [2.45, 2.75) is 51.7 Å². The van der Waals surface area contributed by atoms with Crippen molar-refractivity contribution in [3.63, 3.8) is 0 Å². The van der Waals surface area contributed by atoms with E-state index in [4.69, 9.17) is 5.11 Å². The molecule has 5 N–H and O–H groups in total. The van der Waals surface area contributed by atoms with Crippen LogP contribution in [-0.2, 0) is 24.0 Å². The summed E-state index contributed by atoms with van der Waals surface area (Å²) in [6.45, 7) is 4.84. The zero-order valence-corrected chi connectivity index (χ0v) is 15.9. The smallest absolute Gasteiger partial charge is 0.305 e. The first-order valence-electron chi connectivity index (χ1n) is 8.04. The Morgan fingerprint density at radius 2 is 1.54 bits per heavy atom. The van der Waals surface area contributed by atoms with Gasteiger partial charge in [-0.25, -0.2) is 0 Å². The third-order valence-corrected chi connectivity index (χ3v) is 3.37. The quantitative estimate of drug-likeness (QED) is 0.234. The largest absolute Gasteiger partial charge is 0.481 e. The molecule has 0 aliphatic rings. The normalized spacial score (nSPS) is 12.7. The van der Waals surface area contributed by atoms with Crippen molar-refractivity contribution in [3.8, 4) is 0 Å². The van der Waals surface area contributed by atoms with Crippen LogP contribution in [0.5, 0.6) is 0 Å². The molecule has 0 rings (SSSR count). The highest BCUT2D eigenvalue weighted by molar-refractivity contribution is 7.80. The van der Waals surface area contributed by atoms with Gasteiger partial charge in [-0.1, -0.05) is 0 Å². The molecule has 0 spiro atoms.